The van der Waals surface area contributed by atoms with Crippen LogP contribution in [-0.4, -0.2) is 25.5 Å². The zero-order valence-corrected chi connectivity index (χ0v) is 14.9. The molecular weight excluding hydrogens is 316 g/mol. The number of carbonyl (C=O) groups excluding carboxylic acids is 1. The molecule has 3 rings (SSSR count). The number of benzene rings is 1. The molecule has 134 valence electrons. The number of amides is 1. The van der Waals surface area contributed by atoms with Gasteiger partial charge in [-0.25, -0.2) is 0 Å². The molecular formula is C20H26N2O3. The van der Waals surface area contributed by atoms with Crippen molar-refractivity contribution in [1.82, 2.24) is 10.6 Å². The first-order valence-corrected chi connectivity index (χ1v) is 8.89. The van der Waals surface area contributed by atoms with E-state index < -0.39 is 0 Å². The lowest BCUT2D eigenvalue weighted by molar-refractivity contribution is 0.0913. The molecule has 0 spiro atoms. The van der Waals surface area contributed by atoms with Crippen LogP contribution >= 0.6 is 0 Å². The van der Waals surface area contributed by atoms with Gasteiger partial charge in [0.1, 0.15) is 18.1 Å². The van der Waals surface area contributed by atoms with Gasteiger partial charge in [-0.05, 0) is 69.5 Å². The number of ether oxygens (including phenoxy) is 1. The largest absolute Gasteiger partial charge is 0.485 e. The third-order valence-electron chi connectivity index (χ3n) is 4.54. The molecule has 1 aromatic heterocycles. The van der Waals surface area contributed by atoms with Crippen LogP contribution in [0.1, 0.15) is 40.3 Å². The first-order valence-electron chi connectivity index (χ1n) is 8.89. The molecule has 1 aromatic carbocycles. The highest BCUT2D eigenvalue weighted by atomic mass is 16.5. The van der Waals surface area contributed by atoms with E-state index in [9.17, 15) is 4.79 Å². The Labute approximate surface area is 148 Å². The van der Waals surface area contributed by atoms with E-state index in [-0.39, 0.29) is 5.91 Å². The van der Waals surface area contributed by atoms with Gasteiger partial charge in [-0.1, -0.05) is 17.7 Å². The second-order valence-corrected chi connectivity index (χ2v) is 6.75. The molecule has 1 amide bonds. The SMILES string of the molecule is Cc1ccc(OCc2ccc(C(=O)NCC3CCCNC3)o2)c(C)c1. The van der Waals surface area contributed by atoms with Crippen molar-refractivity contribution in [2.75, 3.05) is 19.6 Å². The Kier molecular flexibility index (Phi) is 5.76. The zero-order chi connectivity index (χ0) is 17.6. The van der Waals surface area contributed by atoms with Crippen LogP contribution in [0.5, 0.6) is 5.75 Å². The van der Waals surface area contributed by atoms with Gasteiger partial charge in [-0.15, -0.1) is 0 Å². The Morgan fingerprint density at radius 2 is 2.20 bits per heavy atom. The monoisotopic (exact) mass is 342 g/mol. The molecule has 1 fully saturated rings. The van der Waals surface area contributed by atoms with Gasteiger partial charge in [0.25, 0.3) is 5.91 Å². The van der Waals surface area contributed by atoms with Crippen LogP contribution in [0.4, 0.5) is 0 Å². The van der Waals surface area contributed by atoms with Crippen molar-refractivity contribution in [1.29, 1.82) is 0 Å². The van der Waals surface area contributed by atoms with E-state index in [1.165, 1.54) is 12.0 Å². The summed E-state index contributed by atoms with van der Waals surface area (Å²) in [6, 6.07) is 9.55. The second kappa shape index (κ2) is 8.21. The maximum Gasteiger partial charge on any atom is 0.287 e. The summed E-state index contributed by atoms with van der Waals surface area (Å²) >= 11 is 0. The Balaban J connectivity index is 1.50. The Hall–Kier alpha value is -2.27. The Morgan fingerprint density at radius 1 is 1.32 bits per heavy atom. The molecule has 25 heavy (non-hydrogen) atoms. The Morgan fingerprint density at radius 3 is 2.96 bits per heavy atom. The van der Waals surface area contributed by atoms with Gasteiger partial charge >= 0.3 is 0 Å². The predicted molar refractivity (Wildman–Crippen MR) is 96.9 cm³/mol. The summed E-state index contributed by atoms with van der Waals surface area (Å²) in [4.78, 5) is 12.2. The Bertz CT molecular complexity index is 717. The molecule has 1 aliphatic rings. The fourth-order valence-corrected chi connectivity index (χ4v) is 3.11. The van der Waals surface area contributed by atoms with Crippen molar-refractivity contribution < 1.29 is 13.9 Å². The number of furan rings is 1. The highest BCUT2D eigenvalue weighted by molar-refractivity contribution is 5.91. The standard InChI is InChI=1S/C20H26N2O3/c1-14-5-7-18(15(2)10-14)24-13-17-6-8-19(25-17)20(23)22-12-16-4-3-9-21-11-16/h5-8,10,16,21H,3-4,9,11-13H2,1-2H3,(H,22,23). The van der Waals surface area contributed by atoms with Crippen molar-refractivity contribution in [3.05, 3.63) is 53.0 Å². The van der Waals surface area contributed by atoms with Crippen LogP contribution in [0, 0.1) is 19.8 Å². The summed E-state index contributed by atoms with van der Waals surface area (Å²) in [6.07, 6.45) is 2.32. The lowest BCUT2D eigenvalue weighted by Crippen LogP contribution is -2.38. The first-order chi connectivity index (χ1) is 12.1. The summed E-state index contributed by atoms with van der Waals surface area (Å²) < 4.78 is 11.4. The maximum absolute atomic E-state index is 12.2. The molecule has 2 heterocycles. The smallest absolute Gasteiger partial charge is 0.287 e. The van der Waals surface area contributed by atoms with E-state index in [0.29, 0.717) is 30.6 Å². The first kappa shape index (κ1) is 17.5. The number of hydrogen-bond acceptors (Lipinski definition) is 4. The number of carbonyl (C=O) groups is 1. The van der Waals surface area contributed by atoms with Gasteiger partial charge in [-0.3, -0.25) is 4.79 Å². The van der Waals surface area contributed by atoms with Crippen molar-refractivity contribution in [2.45, 2.75) is 33.3 Å². The number of hydrogen-bond donors (Lipinski definition) is 2. The fraction of sp³-hybridized carbons (Fsp3) is 0.450. The van der Waals surface area contributed by atoms with Gasteiger partial charge in [-0.2, -0.15) is 0 Å². The molecule has 1 unspecified atom stereocenters. The molecule has 1 aliphatic heterocycles. The number of rotatable bonds is 6. The van der Waals surface area contributed by atoms with E-state index in [1.807, 2.05) is 19.1 Å². The minimum atomic E-state index is -0.164. The molecule has 2 aromatic rings. The van der Waals surface area contributed by atoms with Crippen LogP contribution in [0.3, 0.4) is 0 Å². The number of piperidine rings is 1. The van der Waals surface area contributed by atoms with Gasteiger partial charge in [0, 0.05) is 6.54 Å². The average molecular weight is 342 g/mol. The summed E-state index contributed by atoms with van der Waals surface area (Å²) in [5.74, 6) is 2.15. The normalized spacial score (nSPS) is 17.3. The highest BCUT2D eigenvalue weighted by Gasteiger charge is 2.16. The number of aryl methyl sites for hydroxylation is 2. The van der Waals surface area contributed by atoms with Crippen molar-refractivity contribution in [2.24, 2.45) is 5.92 Å². The van der Waals surface area contributed by atoms with Gasteiger partial charge in [0.05, 0.1) is 0 Å². The van der Waals surface area contributed by atoms with Crippen LogP contribution in [-0.2, 0) is 6.61 Å². The third kappa shape index (κ3) is 4.86. The van der Waals surface area contributed by atoms with Crippen LogP contribution in [0.2, 0.25) is 0 Å². The van der Waals surface area contributed by atoms with Gasteiger partial charge in [0.15, 0.2) is 5.76 Å². The highest BCUT2D eigenvalue weighted by Crippen LogP contribution is 2.20. The molecule has 1 atom stereocenters. The quantitative estimate of drug-likeness (QED) is 0.846. The topological polar surface area (TPSA) is 63.5 Å². The summed E-state index contributed by atoms with van der Waals surface area (Å²) in [7, 11) is 0. The fourth-order valence-electron chi connectivity index (χ4n) is 3.11. The molecule has 0 aliphatic carbocycles. The van der Waals surface area contributed by atoms with Crippen LogP contribution < -0.4 is 15.4 Å². The lowest BCUT2D eigenvalue weighted by Gasteiger charge is -2.22. The van der Waals surface area contributed by atoms with E-state index in [0.717, 1.165) is 30.8 Å². The number of nitrogens with one attached hydrogen (secondary N) is 2. The molecule has 0 radical (unpaired) electrons. The van der Waals surface area contributed by atoms with Crippen LogP contribution in [0.25, 0.3) is 0 Å². The third-order valence-corrected chi connectivity index (χ3v) is 4.54. The molecule has 5 nitrogen and oxygen atoms in total. The molecule has 2 N–H and O–H groups in total. The van der Waals surface area contributed by atoms with Crippen molar-refractivity contribution in [3.8, 4) is 5.75 Å². The van der Waals surface area contributed by atoms with E-state index in [2.05, 4.69) is 23.6 Å². The van der Waals surface area contributed by atoms with Crippen molar-refractivity contribution >= 4 is 5.91 Å². The van der Waals surface area contributed by atoms with Crippen LogP contribution in [0.15, 0.2) is 34.7 Å². The van der Waals surface area contributed by atoms with E-state index in [1.54, 1.807) is 12.1 Å². The lowest BCUT2D eigenvalue weighted by atomic mass is 10.00. The molecule has 0 bridgehead atoms. The van der Waals surface area contributed by atoms with Crippen molar-refractivity contribution in [3.63, 3.8) is 0 Å². The maximum atomic E-state index is 12.2. The summed E-state index contributed by atoms with van der Waals surface area (Å²) in [6.45, 7) is 7.10. The average Bonchev–Trinajstić information content (AvgIpc) is 3.09. The van der Waals surface area contributed by atoms with E-state index >= 15 is 0 Å². The van der Waals surface area contributed by atoms with Gasteiger partial charge in [0.2, 0.25) is 0 Å². The second-order valence-electron chi connectivity index (χ2n) is 6.75. The minimum Gasteiger partial charge on any atom is -0.485 e. The van der Waals surface area contributed by atoms with E-state index in [4.69, 9.17) is 9.15 Å². The summed E-state index contributed by atoms with van der Waals surface area (Å²) in [5, 5.41) is 6.31. The van der Waals surface area contributed by atoms with Gasteiger partial charge < -0.3 is 19.8 Å². The molecule has 0 saturated carbocycles. The summed E-state index contributed by atoms with van der Waals surface area (Å²) in [5.41, 5.74) is 2.29. The molecule has 5 heteroatoms. The predicted octanol–water partition coefficient (Wildman–Crippen LogP) is 3.20. The zero-order valence-electron chi connectivity index (χ0n) is 14.9. The molecule has 1 saturated heterocycles. The minimum absolute atomic E-state index is 0.164.